The van der Waals surface area contributed by atoms with Crippen molar-refractivity contribution in [1.82, 2.24) is 10.2 Å². The summed E-state index contributed by atoms with van der Waals surface area (Å²) in [6.45, 7) is 14.9. The fourth-order valence-corrected chi connectivity index (χ4v) is 4.41. The lowest BCUT2D eigenvalue weighted by Crippen LogP contribution is -2.50. The maximum Gasteiger partial charge on any atom is 0.0472 e. The molecule has 2 fully saturated rings. The maximum atomic E-state index is 5.61. The number of hydrogen-bond donors (Lipinski definition) is 1. The third-order valence-corrected chi connectivity index (χ3v) is 5.63. The van der Waals surface area contributed by atoms with E-state index in [1.165, 1.54) is 38.2 Å². The van der Waals surface area contributed by atoms with Crippen LogP contribution in [0.2, 0.25) is 0 Å². The van der Waals surface area contributed by atoms with Gasteiger partial charge in [0.25, 0.3) is 0 Å². The van der Waals surface area contributed by atoms with Gasteiger partial charge in [-0.15, -0.1) is 0 Å². The molecule has 0 aromatic heterocycles. The number of ether oxygens (including phenoxy) is 1. The molecular formula is C16H32N2OS. The Hall–Kier alpha value is 0.230. The summed E-state index contributed by atoms with van der Waals surface area (Å²) in [5, 5.41) is 4.50. The van der Waals surface area contributed by atoms with Gasteiger partial charge >= 0.3 is 0 Å². The van der Waals surface area contributed by atoms with Gasteiger partial charge in [0, 0.05) is 50.4 Å². The highest BCUT2D eigenvalue weighted by molar-refractivity contribution is 7.99. The second-order valence-corrected chi connectivity index (χ2v) is 8.60. The topological polar surface area (TPSA) is 24.5 Å². The van der Waals surface area contributed by atoms with Crippen LogP contribution in [-0.4, -0.2) is 61.8 Å². The lowest BCUT2D eigenvalue weighted by molar-refractivity contribution is -0.00394. The van der Waals surface area contributed by atoms with Gasteiger partial charge in [-0.25, -0.2) is 0 Å². The first kappa shape index (κ1) is 16.6. The van der Waals surface area contributed by atoms with Crippen molar-refractivity contribution in [2.45, 2.75) is 38.9 Å². The van der Waals surface area contributed by atoms with E-state index in [9.17, 15) is 0 Å². The Morgan fingerprint density at radius 3 is 2.75 bits per heavy atom. The third kappa shape index (κ3) is 5.21. The summed E-state index contributed by atoms with van der Waals surface area (Å²) >= 11 is 2.12. The van der Waals surface area contributed by atoms with Crippen molar-refractivity contribution in [2.75, 3.05) is 51.7 Å². The minimum Gasteiger partial charge on any atom is -0.381 e. The number of hydrogen-bond acceptors (Lipinski definition) is 4. The zero-order valence-corrected chi connectivity index (χ0v) is 14.3. The van der Waals surface area contributed by atoms with Crippen LogP contribution in [0.3, 0.4) is 0 Å². The molecule has 118 valence electrons. The average molecular weight is 301 g/mol. The van der Waals surface area contributed by atoms with Crippen molar-refractivity contribution >= 4 is 11.8 Å². The van der Waals surface area contributed by atoms with E-state index in [1.807, 2.05) is 0 Å². The molecule has 2 aliphatic heterocycles. The molecule has 3 nitrogen and oxygen atoms in total. The lowest BCUT2D eigenvalue weighted by atomic mass is 9.79. The summed E-state index contributed by atoms with van der Waals surface area (Å²) in [6, 6.07) is 0. The van der Waals surface area contributed by atoms with Crippen molar-refractivity contribution < 1.29 is 4.74 Å². The van der Waals surface area contributed by atoms with E-state index in [1.54, 1.807) is 0 Å². The summed E-state index contributed by atoms with van der Waals surface area (Å²) in [6.07, 6.45) is 2.44. The molecule has 0 saturated carbocycles. The Labute approximate surface area is 129 Å². The summed E-state index contributed by atoms with van der Waals surface area (Å²) < 4.78 is 5.61. The van der Waals surface area contributed by atoms with Gasteiger partial charge < -0.3 is 15.0 Å². The molecule has 2 rings (SSSR count). The SMILES string of the molecule is CC(C)CNCC1(CN2CCSC(C)C2)CCOCC1. The normalized spacial score (nSPS) is 27.9. The Morgan fingerprint density at radius 2 is 2.10 bits per heavy atom. The van der Waals surface area contributed by atoms with Gasteiger partial charge in [-0.1, -0.05) is 20.8 Å². The first-order valence-corrected chi connectivity index (χ1v) is 9.27. The predicted molar refractivity (Wildman–Crippen MR) is 88.6 cm³/mol. The van der Waals surface area contributed by atoms with Crippen molar-refractivity contribution in [3.05, 3.63) is 0 Å². The highest BCUT2D eigenvalue weighted by atomic mass is 32.2. The van der Waals surface area contributed by atoms with Crippen LogP contribution in [0.25, 0.3) is 0 Å². The summed E-state index contributed by atoms with van der Waals surface area (Å²) in [5.74, 6) is 2.03. The largest absolute Gasteiger partial charge is 0.381 e. The van der Waals surface area contributed by atoms with Gasteiger partial charge in [0.05, 0.1) is 0 Å². The van der Waals surface area contributed by atoms with Gasteiger partial charge in [-0.2, -0.15) is 11.8 Å². The third-order valence-electron chi connectivity index (χ3n) is 4.49. The first-order valence-electron chi connectivity index (χ1n) is 8.22. The second-order valence-electron chi connectivity index (χ2n) is 7.05. The molecule has 2 aliphatic rings. The Bertz CT molecular complexity index is 280. The highest BCUT2D eigenvalue weighted by Crippen LogP contribution is 2.32. The minimum absolute atomic E-state index is 0.439. The zero-order chi connectivity index (χ0) is 14.4. The monoisotopic (exact) mass is 300 g/mol. The van der Waals surface area contributed by atoms with E-state index in [-0.39, 0.29) is 0 Å². The van der Waals surface area contributed by atoms with Crippen LogP contribution in [-0.2, 0) is 4.74 Å². The van der Waals surface area contributed by atoms with Gasteiger partial charge in [0.2, 0.25) is 0 Å². The quantitative estimate of drug-likeness (QED) is 0.814. The number of nitrogens with one attached hydrogen (secondary N) is 1. The fraction of sp³-hybridized carbons (Fsp3) is 1.00. The Morgan fingerprint density at radius 1 is 1.35 bits per heavy atom. The molecule has 1 N–H and O–H groups in total. The first-order chi connectivity index (χ1) is 9.60. The van der Waals surface area contributed by atoms with Crippen molar-refractivity contribution in [3.63, 3.8) is 0 Å². The van der Waals surface area contributed by atoms with E-state index in [2.05, 4.69) is 42.7 Å². The fourth-order valence-electron chi connectivity index (χ4n) is 3.33. The molecule has 0 aromatic rings. The smallest absolute Gasteiger partial charge is 0.0472 e. The molecule has 0 bridgehead atoms. The molecule has 4 heteroatoms. The van der Waals surface area contributed by atoms with E-state index in [0.717, 1.165) is 37.5 Å². The van der Waals surface area contributed by atoms with Crippen molar-refractivity contribution in [1.29, 1.82) is 0 Å². The van der Waals surface area contributed by atoms with Crippen molar-refractivity contribution in [3.8, 4) is 0 Å². The van der Waals surface area contributed by atoms with Crippen LogP contribution in [0, 0.1) is 11.3 Å². The van der Waals surface area contributed by atoms with Crippen LogP contribution in [0.1, 0.15) is 33.6 Å². The van der Waals surface area contributed by atoms with E-state index >= 15 is 0 Å². The molecule has 0 radical (unpaired) electrons. The van der Waals surface area contributed by atoms with Crippen LogP contribution in [0.4, 0.5) is 0 Å². The molecular weight excluding hydrogens is 268 g/mol. The Kier molecular flexibility index (Phi) is 6.66. The number of thioether (sulfide) groups is 1. The van der Waals surface area contributed by atoms with Gasteiger partial charge in [0.15, 0.2) is 0 Å². The maximum absolute atomic E-state index is 5.61. The summed E-state index contributed by atoms with van der Waals surface area (Å²) in [5.41, 5.74) is 0.439. The predicted octanol–water partition coefficient (Wildman–Crippen LogP) is 2.47. The summed E-state index contributed by atoms with van der Waals surface area (Å²) in [4.78, 5) is 2.70. The van der Waals surface area contributed by atoms with Crippen LogP contribution in [0.15, 0.2) is 0 Å². The minimum atomic E-state index is 0.439. The summed E-state index contributed by atoms with van der Waals surface area (Å²) in [7, 11) is 0. The molecule has 0 spiro atoms. The molecule has 0 amide bonds. The second kappa shape index (κ2) is 8.02. The van der Waals surface area contributed by atoms with E-state index in [4.69, 9.17) is 4.74 Å². The van der Waals surface area contributed by atoms with E-state index < -0.39 is 0 Å². The molecule has 0 aromatic carbocycles. The van der Waals surface area contributed by atoms with Gasteiger partial charge in [-0.3, -0.25) is 0 Å². The molecule has 0 aliphatic carbocycles. The van der Waals surface area contributed by atoms with Gasteiger partial charge in [-0.05, 0) is 30.7 Å². The van der Waals surface area contributed by atoms with Crippen LogP contribution in [0.5, 0.6) is 0 Å². The molecule has 1 unspecified atom stereocenters. The standard InChI is InChI=1S/C16H32N2OS/c1-14(2)10-17-12-16(4-7-19-8-5-16)13-18-6-9-20-15(3)11-18/h14-15,17H,4-13H2,1-3H3. The Balaban J connectivity index is 1.88. The van der Waals surface area contributed by atoms with Crippen LogP contribution >= 0.6 is 11.8 Å². The lowest BCUT2D eigenvalue weighted by Gasteiger charge is -2.43. The average Bonchev–Trinajstić information content (AvgIpc) is 2.39. The zero-order valence-electron chi connectivity index (χ0n) is 13.5. The highest BCUT2D eigenvalue weighted by Gasteiger charge is 2.35. The number of rotatable bonds is 6. The van der Waals surface area contributed by atoms with E-state index in [0.29, 0.717) is 5.41 Å². The molecule has 1 atom stereocenters. The molecule has 2 saturated heterocycles. The number of nitrogens with zero attached hydrogens (tertiary/aromatic N) is 1. The molecule has 2 heterocycles. The van der Waals surface area contributed by atoms with Gasteiger partial charge in [0.1, 0.15) is 0 Å². The molecule has 20 heavy (non-hydrogen) atoms. The van der Waals surface area contributed by atoms with Crippen molar-refractivity contribution in [2.24, 2.45) is 11.3 Å². The van der Waals surface area contributed by atoms with Crippen LogP contribution < -0.4 is 5.32 Å².